The molecule has 9 nitrogen and oxygen atoms in total. The lowest BCUT2D eigenvalue weighted by Crippen LogP contribution is -2.44. The molecule has 1 aromatic carbocycles. The topological polar surface area (TPSA) is 121 Å². The van der Waals surface area contributed by atoms with Crippen molar-refractivity contribution in [2.75, 3.05) is 13.2 Å². The second-order valence-electron chi connectivity index (χ2n) is 11.0. The Morgan fingerprint density at radius 1 is 1.28 bits per heavy atom. The van der Waals surface area contributed by atoms with E-state index in [1.165, 1.54) is 0 Å². The van der Waals surface area contributed by atoms with Gasteiger partial charge in [-0.25, -0.2) is 4.98 Å². The number of amides is 1. The Balaban J connectivity index is 1.71. The van der Waals surface area contributed by atoms with E-state index in [0.717, 1.165) is 17.0 Å². The van der Waals surface area contributed by atoms with Gasteiger partial charge in [0.1, 0.15) is 35.1 Å². The normalized spacial score (nSPS) is 15.0. The molecule has 0 saturated heterocycles. The van der Waals surface area contributed by atoms with Crippen LogP contribution in [-0.2, 0) is 16.4 Å². The van der Waals surface area contributed by atoms with Crippen LogP contribution in [0.15, 0.2) is 24.4 Å². The van der Waals surface area contributed by atoms with E-state index in [-0.39, 0.29) is 10.7 Å². The molecule has 4 rings (SSSR count). The monoisotopic (exact) mass is 506 g/mol. The summed E-state index contributed by atoms with van der Waals surface area (Å²) in [5.41, 5.74) is 6.54. The highest BCUT2D eigenvalue weighted by Gasteiger charge is 2.40. The Hall–Kier alpha value is -3.42. The van der Waals surface area contributed by atoms with Gasteiger partial charge in [-0.3, -0.25) is 4.79 Å². The first kappa shape index (κ1) is 25.7. The van der Waals surface area contributed by atoms with Crippen molar-refractivity contribution in [1.82, 2.24) is 24.7 Å². The maximum atomic E-state index is 11.7. The molecule has 0 fully saturated rings. The van der Waals surface area contributed by atoms with Crippen LogP contribution in [0.1, 0.15) is 55.4 Å². The average Bonchev–Trinajstić information content (AvgIpc) is 3.39. The van der Waals surface area contributed by atoms with Crippen LogP contribution in [0.2, 0.25) is 18.1 Å². The predicted molar refractivity (Wildman–Crippen MR) is 140 cm³/mol. The SMILES string of the molecule is Cc1nnc(C(C)(C#Cc2ccc3c(c2)-c2nc(C(N)=O)cn2CCO3)CO[Si](C)(C)C(C)(C)C)[nH]1. The molecule has 1 unspecified atom stereocenters. The van der Waals surface area contributed by atoms with E-state index in [1.54, 1.807) is 6.20 Å². The molecule has 1 aliphatic rings. The van der Waals surface area contributed by atoms with Crippen LogP contribution in [0.25, 0.3) is 11.4 Å². The summed E-state index contributed by atoms with van der Waals surface area (Å²) < 4.78 is 14.4. The van der Waals surface area contributed by atoms with Crippen LogP contribution >= 0.6 is 0 Å². The van der Waals surface area contributed by atoms with Crippen LogP contribution < -0.4 is 10.5 Å². The van der Waals surface area contributed by atoms with Crippen molar-refractivity contribution in [1.29, 1.82) is 0 Å². The predicted octanol–water partition coefficient (Wildman–Crippen LogP) is 3.80. The number of fused-ring (bicyclic) bond motifs is 3. The van der Waals surface area contributed by atoms with E-state index < -0.39 is 19.6 Å². The first-order valence-electron chi connectivity index (χ1n) is 12.0. The molecule has 3 heterocycles. The van der Waals surface area contributed by atoms with Gasteiger partial charge in [-0.05, 0) is 50.2 Å². The quantitative estimate of drug-likeness (QED) is 0.401. The number of aromatic nitrogens is 5. The lowest BCUT2D eigenvalue weighted by molar-refractivity contribution is 0.0996. The summed E-state index contributed by atoms with van der Waals surface area (Å²) in [6, 6.07) is 5.73. The smallest absolute Gasteiger partial charge is 0.268 e. The third-order valence-electron chi connectivity index (χ3n) is 6.97. The standard InChI is InChI=1S/C26H34N6O3Si/c1-17-28-24(31-30-17)26(5,16-35-36(6,7)25(2,3)4)11-10-18-8-9-21-19(14-18)23-29-20(22(27)33)15-32(23)12-13-34-21/h8-9,14-15H,12-13,16H2,1-7H3,(H2,27,33)(H,28,30,31). The lowest BCUT2D eigenvalue weighted by atomic mass is 9.91. The first-order valence-corrected chi connectivity index (χ1v) is 14.9. The van der Waals surface area contributed by atoms with E-state index in [2.05, 4.69) is 65.9 Å². The fourth-order valence-electron chi connectivity index (χ4n) is 3.59. The van der Waals surface area contributed by atoms with Crippen LogP contribution in [0, 0.1) is 18.8 Å². The summed E-state index contributed by atoms with van der Waals surface area (Å²) in [6.07, 6.45) is 1.66. The summed E-state index contributed by atoms with van der Waals surface area (Å²) in [6.45, 7) is 16.4. The van der Waals surface area contributed by atoms with Gasteiger partial charge in [0.25, 0.3) is 5.91 Å². The molecule has 0 radical (unpaired) electrons. The number of aromatic amines is 1. The number of aryl methyl sites for hydroxylation is 1. The van der Waals surface area contributed by atoms with Crippen molar-refractivity contribution in [3.8, 4) is 29.0 Å². The molecular weight excluding hydrogens is 472 g/mol. The third kappa shape index (κ3) is 5.08. The molecule has 0 spiro atoms. The molecule has 1 amide bonds. The number of hydrogen-bond acceptors (Lipinski definition) is 6. The van der Waals surface area contributed by atoms with Crippen LogP contribution in [0.4, 0.5) is 0 Å². The lowest BCUT2D eigenvalue weighted by Gasteiger charge is -2.38. The summed E-state index contributed by atoms with van der Waals surface area (Å²) in [4.78, 5) is 19.4. The van der Waals surface area contributed by atoms with Gasteiger partial charge in [-0.2, -0.15) is 0 Å². The fourth-order valence-corrected chi connectivity index (χ4v) is 4.67. The molecule has 36 heavy (non-hydrogen) atoms. The maximum absolute atomic E-state index is 11.7. The number of rotatable bonds is 5. The fraction of sp³-hybridized carbons (Fsp3) is 0.462. The number of nitrogens with zero attached hydrogens (tertiary/aromatic N) is 4. The average molecular weight is 507 g/mol. The molecule has 3 N–H and O–H groups in total. The van der Waals surface area contributed by atoms with Gasteiger partial charge < -0.3 is 24.4 Å². The second-order valence-corrected chi connectivity index (χ2v) is 15.8. The number of benzene rings is 1. The zero-order valence-corrected chi connectivity index (χ0v) is 23.0. The van der Waals surface area contributed by atoms with Crippen molar-refractivity contribution in [2.24, 2.45) is 5.73 Å². The van der Waals surface area contributed by atoms with Crippen molar-refractivity contribution in [2.45, 2.75) is 64.7 Å². The van der Waals surface area contributed by atoms with Crippen molar-refractivity contribution < 1.29 is 14.0 Å². The highest BCUT2D eigenvalue weighted by molar-refractivity contribution is 6.74. The van der Waals surface area contributed by atoms with E-state index >= 15 is 0 Å². The number of H-pyrrole nitrogens is 1. The van der Waals surface area contributed by atoms with E-state index in [0.29, 0.717) is 37.2 Å². The highest BCUT2D eigenvalue weighted by atomic mass is 28.4. The van der Waals surface area contributed by atoms with Gasteiger partial charge in [0.2, 0.25) is 0 Å². The molecule has 1 aliphatic heterocycles. The number of ether oxygens (including phenoxy) is 1. The Morgan fingerprint density at radius 2 is 2.03 bits per heavy atom. The summed E-state index contributed by atoms with van der Waals surface area (Å²) in [7, 11) is -2.02. The molecule has 10 heteroatoms. The molecule has 0 aliphatic carbocycles. The third-order valence-corrected chi connectivity index (χ3v) is 11.5. The Labute approximate surface area is 213 Å². The van der Waals surface area contributed by atoms with Gasteiger partial charge in [0.05, 0.1) is 18.7 Å². The minimum atomic E-state index is -2.02. The van der Waals surface area contributed by atoms with Crippen molar-refractivity contribution in [3.05, 3.63) is 47.3 Å². The second kappa shape index (κ2) is 9.22. The zero-order valence-electron chi connectivity index (χ0n) is 22.0. The Morgan fingerprint density at radius 3 is 2.67 bits per heavy atom. The van der Waals surface area contributed by atoms with E-state index in [9.17, 15) is 4.79 Å². The largest absolute Gasteiger partial charge is 0.491 e. The highest BCUT2D eigenvalue weighted by Crippen LogP contribution is 2.38. The number of nitrogens with one attached hydrogen (secondary N) is 1. The summed E-state index contributed by atoms with van der Waals surface area (Å²) in [5.74, 6) is 8.88. The molecular formula is C26H34N6O3Si. The van der Waals surface area contributed by atoms with Gasteiger partial charge in [-0.15, -0.1) is 10.2 Å². The zero-order chi connectivity index (χ0) is 26.3. The minimum absolute atomic E-state index is 0.0708. The molecule has 2 aromatic heterocycles. The van der Waals surface area contributed by atoms with Crippen LogP contribution in [0.5, 0.6) is 5.75 Å². The first-order chi connectivity index (χ1) is 16.8. The van der Waals surface area contributed by atoms with Crippen molar-refractivity contribution in [3.63, 3.8) is 0 Å². The van der Waals surface area contributed by atoms with Gasteiger partial charge in [0.15, 0.2) is 14.1 Å². The minimum Gasteiger partial charge on any atom is -0.491 e. The van der Waals surface area contributed by atoms with Crippen LogP contribution in [0.3, 0.4) is 0 Å². The summed E-state index contributed by atoms with van der Waals surface area (Å²) in [5, 5.41) is 8.57. The number of primary amides is 1. The molecule has 0 bridgehead atoms. The van der Waals surface area contributed by atoms with Gasteiger partial charge in [0, 0.05) is 11.8 Å². The molecule has 0 saturated carbocycles. The summed E-state index contributed by atoms with van der Waals surface area (Å²) >= 11 is 0. The number of imidazole rings is 1. The Kier molecular flexibility index (Phi) is 6.57. The Bertz CT molecular complexity index is 1360. The van der Waals surface area contributed by atoms with Gasteiger partial charge in [-0.1, -0.05) is 32.6 Å². The van der Waals surface area contributed by atoms with E-state index in [4.69, 9.17) is 14.9 Å². The van der Waals surface area contributed by atoms with Crippen molar-refractivity contribution >= 4 is 14.2 Å². The molecule has 190 valence electrons. The molecule has 3 aromatic rings. The number of carbonyl (C=O) groups is 1. The number of nitrogens with two attached hydrogens (primary N) is 1. The van der Waals surface area contributed by atoms with E-state index in [1.807, 2.05) is 36.6 Å². The molecule has 1 atom stereocenters. The number of hydrogen-bond donors (Lipinski definition) is 2. The number of carbonyl (C=O) groups excluding carboxylic acids is 1. The maximum Gasteiger partial charge on any atom is 0.268 e. The van der Waals surface area contributed by atoms with Crippen LogP contribution in [-0.4, -0.2) is 52.2 Å². The van der Waals surface area contributed by atoms with Gasteiger partial charge >= 0.3 is 0 Å².